The summed E-state index contributed by atoms with van der Waals surface area (Å²) in [6.07, 6.45) is 5.18. The molecule has 17 heavy (non-hydrogen) atoms. The zero-order valence-corrected chi connectivity index (χ0v) is 10.8. The molecule has 0 aromatic heterocycles. The van der Waals surface area contributed by atoms with Gasteiger partial charge in [-0.05, 0) is 25.8 Å². The van der Waals surface area contributed by atoms with E-state index in [0.717, 1.165) is 19.5 Å². The maximum atomic E-state index is 8.86. The predicted octanol–water partition coefficient (Wildman–Crippen LogP) is 2.79. The van der Waals surface area contributed by atoms with Gasteiger partial charge in [0.2, 0.25) is 0 Å². The van der Waals surface area contributed by atoms with Crippen LogP contribution in [-0.2, 0) is 0 Å². The zero-order chi connectivity index (χ0) is 12.5. The molecule has 0 spiro atoms. The SMILES string of the molecule is CC(C)N(CC=Cc1ccccc1)CCCO. The van der Waals surface area contributed by atoms with Gasteiger partial charge in [0.15, 0.2) is 0 Å². The molecule has 0 aliphatic carbocycles. The first kappa shape index (κ1) is 13.9. The van der Waals surface area contributed by atoms with Crippen LogP contribution in [0.15, 0.2) is 36.4 Å². The molecule has 2 nitrogen and oxygen atoms in total. The molecule has 0 aliphatic rings. The molecule has 1 aromatic rings. The van der Waals surface area contributed by atoms with Gasteiger partial charge in [-0.15, -0.1) is 0 Å². The van der Waals surface area contributed by atoms with Crippen LogP contribution in [0.1, 0.15) is 25.8 Å². The first-order valence-corrected chi connectivity index (χ1v) is 6.30. The van der Waals surface area contributed by atoms with Crippen molar-refractivity contribution in [3.8, 4) is 0 Å². The van der Waals surface area contributed by atoms with Crippen molar-refractivity contribution in [2.45, 2.75) is 26.3 Å². The first-order chi connectivity index (χ1) is 8.24. The molecule has 0 radical (unpaired) electrons. The third-order valence-electron chi connectivity index (χ3n) is 2.78. The number of hydrogen-bond acceptors (Lipinski definition) is 2. The topological polar surface area (TPSA) is 23.5 Å². The highest BCUT2D eigenvalue weighted by Crippen LogP contribution is 2.04. The fraction of sp³-hybridized carbons (Fsp3) is 0.467. The summed E-state index contributed by atoms with van der Waals surface area (Å²) in [5.41, 5.74) is 1.23. The van der Waals surface area contributed by atoms with Gasteiger partial charge in [0.1, 0.15) is 0 Å². The molecule has 1 rings (SSSR count). The van der Waals surface area contributed by atoms with Gasteiger partial charge in [-0.2, -0.15) is 0 Å². The molecule has 0 bridgehead atoms. The second-order valence-electron chi connectivity index (χ2n) is 4.48. The Morgan fingerprint density at radius 1 is 1.24 bits per heavy atom. The number of aliphatic hydroxyl groups is 1. The predicted molar refractivity (Wildman–Crippen MR) is 73.9 cm³/mol. The van der Waals surface area contributed by atoms with Crippen LogP contribution < -0.4 is 0 Å². The molecule has 0 fully saturated rings. The molecule has 0 saturated carbocycles. The Balaban J connectivity index is 2.43. The molecule has 2 heteroatoms. The Morgan fingerprint density at radius 2 is 1.94 bits per heavy atom. The van der Waals surface area contributed by atoms with E-state index in [4.69, 9.17) is 5.11 Å². The fourth-order valence-electron chi connectivity index (χ4n) is 1.72. The van der Waals surface area contributed by atoms with Gasteiger partial charge < -0.3 is 5.11 Å². The van der Waals surface area contributed by atoms with Crippen LogP contribution in [-0.4, -0.2) is 35.7 Å². The minimum Gasteiger partial charge on any atom is -0.396 e. The maximum absolute atomic E-state index is 8.86. The Bertz CT molecular complexity index is 319. The normalized spacial score (nSPS) is 11.8. The number of hydrogen-bond donors (Lipinski definition) is 1. The van der Waals surface area contributed by atoms with Gasteiger partial charge in [0.05, 0.1) is 0 Å². The first-order valence-electron chi connectivity index (χ1n) is 6.30. The Kier molecular flexibility index (Phi) is 6.60. The van der Waals surface area contributed by atoms with E-state index in [2.05, 4.69) is 43.0 Å². The highest BCUT2D eigenvalue weighted by molar-refractivity contribution is 5.48. The lowest BCUT2D eigenvalue weighted by atomic mass is 10.2. The molecule has 1 aromatic carbocycles. The van der Waals surface area contributed by atoms with Crippen molar-refractivity contribution in [1.82, 2.24) is 4.90 Å². The summed E-state index contributed by atoms with van der Waals surface area (Å²) < 4.78 is 0. The van der Waals surface area contributed by atoms with Crippen molar-refractivity contribution in [2.75, 3.05) is 19.7 Å². The van der Waals surface area contributed by atoms with Crippen LogP contribution in [0.2, 0.25) is 0 Å². The van der Waals surface area contributed by atoms with Gasteiger partial charge in [-0.1, -0.05) is 42.5 Å². The molecule has 0 unspecified atom stereocenters. The van der Waals surface area contributed by atoms with E-state index in [0.29, 0.717) is 6.04 Å². The van der Waals surface area contributed by atoms with Crippen LogP contribution in [0, 0.1) is 0 Å². The van der Waals surface area contributed by atoms with E-state index in [1.807, 2.05) is 18.2 Å². The summed E-state index contributed by atoms with van der Waals surface area (Å²) in [4.78, 5) is 2.36. The molecular formula is C15H23NO. The van der Waals surface area contributed by atoms with Crippen molar-refractivity contribution in [3.63, 3.8) is 0 Å². The largest absolute Gasteiger partial charge is 0.396 e. The summed E-state index contributed by atoms with van der Waals surface area (Å²) in [5.74, 6) is 0. The summed E-state index contributed by atoms with van der Waals surface area (Å²) in [6.45, 7) is 6.53. The minimum atomic E-state index is 0.269. The van der Waals surface area contributed by atoms with Gasteiger partial charge in [0.25, 0.3) is 0 Å². The van der Waals surface area contributed by atoms with E-state index in [1.54, 1.807) is 0 Å². The third kappa shape index (κ3) is 5.66. The molecule has 0 saturated heterocycles. The van der Waals surface area contributed by atoms with Gasteiger partial charge in [0, 0.05) is 25.7 Å². The van der Waals surface area contributed by atoms with Crippen molar-refractivity contribution < 1.29 is 5.11 Å². The highest BCUT2D eigenvalue weighted by Gasteiger charge is 2.05. The molecular weight excluding hydrogens is 210 g/mol. The Morgan fingerprint density at radius 3 is 2.53 bits per heavy atom. The van der Waals surface area contributed by atoms with Crippen LogP contribution in [0.5, 0.6) is 0 Å². The summed E-state index contributed by atoms with van der Waals surface area (Å²) in [7, 11) is 0. The van der Waals surface area contributed by atoms with E-state index in [1.165, 1.54) is 5.56 Å². The zero-order valence-electron chi connectivity index (χ0n) is 10.8. The second-order valence-corrected chi connectivity index (χ2v) is 4.48. The fourth-order valence-corrected chi connectivity index (χ4v) is 1.72. The number of rotatable bonds is 7. The lowest BCUT2D eigenvalue weighted by Crippen LogP contribution is -2.32. The molecule has 0 atom stereocenters. The van der Waals surface area contributed by atoms with Gasteiger partial charge in [-0.25, -0.2) is 0 Å². The summed E-state index contributed by atoms with van der Waals surface area (Å²) in [6, 6.07) is 10.8. The summed E-state index contributed by atoms with van der Waals surface area (Å²) >= 11 is 0. The monoisotopic (exact) mass is 233 g/mol. The Labute approximate surface area is 105 Å². The number of aliphatic hydroxyl groups excluding tert-OH is 1. The highest BCUT2D eigenvalue weighted by atomic mass is 16.3. The molecule has 0 aliphatic heterocycles. The van der Waals surface area contributed by atoms with E-state index in [-0.39, 0.29) is 6.61 Å². The Hall–Kier alpha value is -1.12. The van der Waals surface area contributed by atoms with Crippen molar-refractivity contribution in [3.05, 3.63) is 42.0 Å². The van der Waals surface area contributed by atoms with Gasteiger partial charge in [-0.3, -0.25) is 4.90 Å². The number of nitrogens with zero attached hydrogens (tertiary/aromatic N) is 1. The van der Waals surface area contributed by atoms with Crippen molar-refractivity contribution in [1.29, 1.82) is 0 Å². The van der Waals surface area contributed by atoms with Crippen LogP contribution >= 0.6 is 0 Å². The lowest BCUT2D eigenvalue weighted by molar-refractivity contribution is 0.207. The number of benzene rings is 1. The minimum absolute atomic E-state index is 0.269. The maximum Gasteiger partial charge on any atom is 0.0443 e. The van der Waals surface area contributed by atoms with Crippen LogP contribution in [0.4, 0.5) is 0 Å². The van der Waals surface area contributed by atoms with E-state index < -0.39 is 0 Å². The van der Waals surface area contributed by atoms with Crippen LogP contribution in [0.25, 0.3) is 6.08 Å². The van der Waals surface area contributed by atoms with Gasteiger partial charge >= 0.3 is 0 Å². The second kappa shape index (κ2) is 8.04. The molecule has 94 valence electrons. The van der Waals surface area contributed by atoms with Crippen molar-refractivity contribution in [2.24, 2.45) is 0 Å². The third-order valence-corrected chi connectivity index (χ3v) is 2.78. The quantitative estimate of drug-likeness (QED) is 0.783. The molecule has 0 amide bonds. The van der Waals surface area contributed by atoms with Crippen LogP contribution in [0.3, 0.4) is 0 Å². The van der Waals surface area contributed by atoms with Crippen molar-refractivity contribution >= 4 is 6.08 Å². The molecule has 1 N–H and O–H groups in total. The average molecular weight is 233 g/mol. The standard InChI is InChI=1S/C15H23NO/c1-14(2)16(12-7-13-17)11-6-10-15-8-4-3-5-9-15/h3-6,8-10,14,17H,7,11-13H2,1-2H3. The van der Waals surface area contributed by atoms with E-state index in [9.17, 15) is 0 Å². The average Bonchev–Trinajstić information content (AvgIpc) is 2.34. The summed E-state index contributed by atoms with van der Waals surface area (Å²) in [5, 5.41) is 8.86. The van der Waals surface area contributed by atoms with E-state index >= 15 is 0 Å². The smallest absolute Gasteiger partial charge is 0.0443 e. The lowest BCUT2D eigenvalue weighted by Gasteiger charge is -2.24. The molecule has 0 heterocycles.